The van der Waals surface area contributed by atoms with Crippen molar-refractivity contribution in [2.45, 2.75) is 25.7 Å². The minimum absolute atomic E-state index is 0.338. The average Bonchev–Trinajstić information content (AvgIpc) is 2.95. The molecule has 0 aliphatic carbocycles. The molecule has 0 aliphatic rings. The number of unbranched alkanes of at least 4 members (excludes halogenated alkanes) is 2. The number of hydroxylamine groups is 1. The first-order valence-corrected chi connectivity index (χ1v) is 7.84. The molecule has 2 aromatic carbocycles. The molecule has 0 aliphatic heterocycles. The van der Waals surface area contributed by atoms with E-state index in [1.165, 1.54) is 10.8 Å². The standard InChI is InChI=1S/C18H20N2O3/c21-18(20-22)8-2-1-5-11-23-13-9-10-15-14-6-3-4-7-16(14)19-17(15)12-13/h3-4,6-7,9-10,12,19,22H,1-2,5,8,11H2,(H,20,21). The van der Waals surface area contributed by atoms with Crippen LogP contribution in [-0.4, -0.2) is 22.7 Å². The van der Waals surface area contributed by atoms with Crippen molar-refractivity contribution >= 4 is 27.7 Å². The number of H-pyrrole nitrogens is 1. The Morgan fingerprint density at radius 2 is 1.87 bits per heavy atom. The van der Waals surface area contributed by atoms with Crippen LogP contribution in [-0.2, 0) is 4.79 Å². The van der Waals surface area contributed by atoms with Gasteiger partial charge >= 0.3 is 0 Å². The lowest BCUT2D eigenvalue weighted by atomic mass is 10.1. The van der Waals surface area contributed by atoms with Crippen LogP contribution in [0.15, 0.2) is 42.5 Å². The second-order valence-electron chi connectivity index (χ2n) is 5.57. The molecule has 0 atom stereocenters. The van der Waals surface area contributed by atoms with E-state index in [-0.39, 0.29) is 5.91 Å². The molecule has 3 rings (SSSR count). The normalized spacial score (nSPS) is 11.0. The van der Waals surface area contributed by atoms with Gasteiger partial charge in [0.2, 0.25) is 5.91 Å². The van der Waals surface area contributed by atoms with Gasteiger partial charge in [-0.3, -0.25) is 10.0 Å². The zero-order valence-electron chi connectivity index (χ0n) is 12.8. The molecule has 0 radical (unpaired) electrons. The van der Waals surface area contributed by atoms with Gasteiger partial charge in [0.15, 0.2) is 0 Å². The fourth-order valence-corrected chi connectivity index (χ4v) is 2.73. The van der Waals surface area contributed by atoms with Crippen LogP contribution in [0, 0.1) is 0 Å². The predicted octanol–water partition coefficient (Wildman–Crippen LogP) is 3.77. The molecule has 0 fully saturated rings. The first kappa shape index (κ1) is 15.4. The lowest BCUT2D eigenvalue weighted by molar-refractivity contribution is -0.129. The Kier molecular flexibility index (Phi) is 4.78. The topological polar surface area (TPSA) is 74.4 Å². The van der Waals surface area contributed by atoms with E-state index in [2.05, 4.69) is 23.2 Å². The van der Waals surface area contributed by atoms with E-state index < -0.39 is 0 Å². The number of amides is 1. The smallest absolute Gasteiger partial charge is 0.243 e. The van der Waals surface area contributed by atoms with Crippen molar-refractivity contribution in [2.75, 3.05) is 6.61 Å². The molecular weight excluding hydrogens is 292 g/mol. The number of hydrogen-bond acceptors (Lipinski definition) is 3. The SMILES string of the molecule is O=C(CCCCCOc1ccc2c(c1)[nH]c1ccccc12)NO. The number of para-hydroxylation sites is 1. The molecule has 5 heteroatoms. The highest BCUT2D eigenvalue weighted by molar-refractivity contribution is 6.07. The summed E-state index contributed by atoms with van der Waals surface area (Å²) < 4.78 is 5.77. The lowest BCUT2D eigenvalue weighted by Gasteiger charge is -2.06. The van der Waals surface area contributed by atoms with Crippen LogP contribution in [0.4, 0.5) is 0 Å². The quantitative estimate of drug-likeness (QED) is 0.353. The summed E-state index contributed by atoms with van der Waals surface area (Å²) in [6.07, 6.45) is 2.86. The number of aromatic nitrogens is 1. The zero-order chi connectivity index (χ0) is 16.1. The average molecular weight is 312 g/mol. The van der Waals surface area contributed by atoms with Crippen molar-refractivity contribution in [3.63, 3.8) is 0 Å². The van der Waals surface area contributed by atoms with E-state index in [0.717, 1.165) is 36.0 Å². The van der Waals surface area contributed by atoms with Crippen LogP contribution in [0.5, 0.6) is 5.75 Å². The summed E-state index contributed by atoms with van der Waals surface area (Å²) in [7, 11) is 0. The minimum atomic E-state index is -0.338. The maximum absolute atomic E-state index is 10.9. The van der Waals surface area contributed by atoms with E-state index in [0.29, 0.717) is 13.0 Å². The molecule has 0 saturated carbocycles. The first-order valence-electron chi connectivity index (χ1n) is 7.84. The van der Waals surface area contributed by atoms with Gasteiger partial charge in [-0.15, -0.1) is 0 Å². The molecule has 0 unspecified atom stereocenters. The van der Waals surface area contributed by atoms with Crippen LogP contribution in [0.25, 0.3) is 21.8 Å². The summed E-state index contributed by atoms with van der Waals surface area (Å²) in [5.74, 6) is 0.507. The minimum Gasteiger partial charge on any atom is -0.494 e. The van der Waals surface area contributed by atoms with Crippen LogP contribution in [0.2, 0.25) is 0 Å². The van der Waals surface area contributed by atoms with Crippen LogP contribution < -0.4 is 10.2 Å². The second kappa shape index (κ2) is 7.15. The molecule has 0 bridgehead atoms. The molecular formula is C18H20N2O3. The van der Waals surface area contributed by atoms with Crippen LogP contribution in [0.3, 0.4) is 0 Å². The maximum atomic E-state index is 10.9. The molecule has 1 heterocycles. The van der Waals surface area contributed by atoms with Gasteiger partial charge in [0.05, 0.1) is 12.1 Å². The highest BCUT2D eigenvalue weighted by Crippen LogP contribution is 2.28. The molecule has 1 amide bonds. The summed E-state index contributed by atoms with van der Waals surface area (Å²) >= 11 is 0. The Bertz CT molecular complexity index is 810. The van der Waals surface area contributed by atoms with E-state index in [1.807, 2.05) is 24.3 Å². The monoisotopic (exact) mass is 312 g/mol. The number of benzene rings is 2. The van der Waals surface area contributed by atoms with E-state index in [9.17, 15) is 4.79 Å². The van der Waals surface area contributed by atoms with Gasteiger partial charge in [-0.2, -0.15) is 0 Å². The van der Waals surface area contributed by atoms with Gasteiger partial charge in [-0.25, -0.2) is 5.48 Å². The van der Waals surface area contributed by atoms with E-state index in [4.69, 9.17) is 9.94 Å². The number of fused-ring (bicyclic) bond motifs is 3. The molecule has 0 saturated heterocycles. The van der Waals surface area contributed by atoms with Gasteiger partial charge in [-0.05, 0) is 37.5 Å². The number of aromatic amines is 1. The molecule has 23 heavy (non-hydrogen) atoms. The summed E-state index contributed by atoms with van der Waals surface area (Å²) in [4.78, 5) is 14.3. The van der Waals surface area contributed by atoms with Gasteiger partial charge in [0, 0.05) is 28.8 Å². The number of nitrogens with one attached hydrogen (secondary N) is 2. The summed E-state index contributed by atoms with van der Waals surface area (Å²) in [5, 5.41) is 10.8. The van der Waals surface area contributed by atoms with Gasteiger partial charge in [0.1, 0.15) is 5.75 Å². The highest BCUT2D eigenvalue weighted by Gasteiger charge is 2.05. The highest BCUT2D eigenvalue weighted by atomic mass is 16.5. The Hall–Kier alpha value is -2.53. The maximum Gasteiger partial charge on any atom is 0.243 e. The first-order chi connectivity index (χ1) is 11.3. The van der Waals surface area contributed by atoms with Crippen LogP contribution >= 0.6 is 0 Å². The number of carbonyl (C=O) groups is 1. The molecule has 5 nitrogen and oxygen atoms in total. The second-order valence-corrected chi connectivity index (χ2v) is 5.57. The molecule has 3 N–H and O–H groups in total. The summed E-state index contributed by atoms with van der Waals surface area (Å²) in [6, 6.07) is 14.3. The molecule has 3 aromatic rings. The molecule has 120 valence electrons. The van der Waals surface area contributed by atoms with Gasteiger partial charge < -0.3 is 9.72 Å². The fraction of sp³-hybridized carbons (Fsp3) is 0.278. The third-order valence-corrected chi connectivity index (χ3v) is 3.92. The summed E-state index contributed by atoms with van der Waals surface area (Å²) in [5.41, 5.74) is 3.84. The largest absolute Gasteiger partial charge is 0.494 e. The third-order valence-electron chi connectivity index (χ3n) is 3.92. The van der Waals surface area contributed by atoms with Gasteiger partial charge in [-0.1, -0.05) is 18.2 Å². The van der Waals surface area contributed by atoms with Crippen molar-refractivity contribution in [2.24, 2.45) is 0 Å². The lowest BCUT2D eigenvalue weighted by Crippen LogP contribution is -2.17. The number of hydrogen-bond donors (Lipinski definition) is 3. The molecule has 1 aromatic heterocycles. The van der Waals surface area contributed by atoms with E-state index >= 15 is 0 Å². The predicted molar refractivity (Wildman–Crippen MR) is 89.7 cm³/mol. The number of rotatable bonds is 7. The van der Waals surface area contributed by atoms with Crippen molar-refractivity contribution < 1.29 is 14.7 Å². The Balaban J connectivity index is 1.55. The summed E-state index contributed by atoms with van der Waals surface area (Å²) in [6.45, 7) is 0.618. The number of carbonyl (C=O) groups excluding carboxylic acids is 1. The van der Waals surface area contributed by atoms with Crippen molar-refractivity contribution in [3.8, 4) is 5.75 Å². The zero-order valence-corrected chi connectivity index (χ0v) is 12.8. The van der Waals surface area contributed by atoms with Crippen LogP contribution in [0.1, 0.15) is 25.7 Å². The van der Waals surface area contributed by atoms with Gasteiger partial charge in [0.25, 0.3) is 0 Å². The van der Waals surface area contributed by atoms with E-state index in [1.54, 1.807) is 5.48 Å². The molecule has 0 spiro atoms. The van der Waals surface area contributed by atoms with Crippen molar-refractivity contribution in [1.82, 2.24) is 10.5 Å². The van der Waals surface area contributed by atoms with Crippen molar-refractivity contribution in [1.29, 1.82) is 0 Å². The Morgan fingerprint density at radius 3 is 2.74 bits per heavy atom. The number of ether oxygens (including phenoxy) is 1. The Morgan fingerprint density at radius 1 is 1.04 bits per heavy atom. The fourth-order valence-electron chi connectivity index (χ4n) is 2.73. The van der Waals surface area contributed by atoms with Crippen molar-refractivity contribution in [3.05, 3.63) is 42.5 Å². The third kappa shape index (κ3) is 3.63. The Labute approximate surface area is 134 Å².